The summed E-state index contributed by atoms with van der Waals surface area (Å²) in [6.07, 6.45) is 5.26. The molecule has 0 aliphatic carbocycles. The molecule has 0 N–H and O–H groups in total. The Balaban J connectivity index is 1.71. The maximum Gasteiger partial charge on any atom is 0.234 e. The number of hydrogen-bond donors (Lipinski definition) is 0. The largest absolute Gasteiger partial charge is 0.287 e. The van der Waals surface area contributed by atoms with Gasteiger partial charge in [0.25, 0.3) is 0 Å². The molecule has 0 aliphatic rings. The van der Waals surface area contributed by atoms with E-state index in [-0.39, 0.29) is 4.74 Å². The van der Waals surface area contributed by atoms with E-state index in [9.17, 15) is 9.59 Å². The highest BCUT2D eigenvalue weighted by Crippen LogP contribution is 2.28. The smallest absolute Gasteiger partial charge is 0.234 e. The van der Waals surface area contributed by atoms with Crippen molar-refractivity contribution in [1.29, 1.82) is 0 Å². The summed E-state index contributed by atoms with van der Waals surface area (Å²) < 4.78 is 1.20. The summed E-state index contributed by atoms with van der Waals surface area (Å²) in [6.45, 7) is 1.91. The number of unbranched alkanes of at least 4 members (excludes halogenated alkanes) is 3. The summed E-state index contributed by atoms with van der Waals surface area (Å²) in [5, 5.41) is 1.49. The monoisotopic (exact) mass is 366 g/mol. The molecule has 1 aromatic heterocycles. The lowest BCUT2D eigenvalue weighted by Crippen LogP contribution is -1.94. The molecule has 0 bridgehead atoms. The van der Waals surface area contributed by atoms with E-state index in [2.05, 4.69) is 6.07 Å². The average Bonchev–Trinajstić information content (AvgIpc) is 2.56. The van der Waals surface area contributed by atoms with Crippen molar-refractivity contribution in [3.63, 3.8) is 0 Å². The third kappa shape index (κ3) is 6.32. The predicted octanol–water partition coefficient (Wildman–Crippen LogP) is 5.58. The highest BCUT2D eigenvalue weighted by molar-refractivity contribution is 8.13. The number of fused-ring (bicyclic) bond motifs is 1. The van der Waals surface area contributed by atoms with Gasteiger partial charge in [0.05, 0.1) is 0 Å². The van der Waals surface area contributed by atoms with Crippen LogP contribution in [-0.2, 0) is 4.79 Å². The van der Waals surface area contributed by atoms with Crippen LogP contribution in [0.1, 0.15) is 39.0 Å². The Morgan fingerprint density at radius 1 is 1.09 bits per heavy atom. The zero-order valence-corrected chi connectivity index (χ0v) is 15.8. The van der Waals surface area contributed by atoms with E-state index in [1.807, 2.05) is 25.1 Å². The lowest BCUT2D eigenvalue weighted by atomic mass is 10.2. The second-order valence-electron chi connectivity index (χ2n) is 5.26. The van der Waals surface area contributed by atoms with Gasteiger partial charge in [-0.25, -0.2) is 0 Å². The fourth-order valence-corrected chi connectivity index (χ4v) is 5.07. The van der Waals surface area contributed by atoms with Crippen LogP contribution in [0, 0.1) is 0 Å². The van der Waals surface area contributed by atoms with Crippen molar-refractivity contribution in [2.45, 2.75) is 43.9 Å². The summed E-state index contributed by atoms with van der Waals surface area (Å²) in [5.74, 6) is 1.99. The van der Waals surface area contributed by atoms with Gasteiger partial charge in [-0.05, 0) is 24.7 Å². The Morgan fingerprint density at radius 3 is 2.61 bits per heavy atom. The van der Waals surface area contributed by atoms with Crippen molar-refractivity contribution >= 4 is 50.1 Å². The lowest BCUT2D eigenvalue weighted by Gasteiger charge is -2.05. The second-order valence-corrected chi connectivity index (χ2v) is 8.60. The van der Waals surface area contributed by atoms with Gasteiger partial charge < -0.3 is 0 Å². The van der Waals surface area contributed by atoms with Gasteiger partial charge in [-0.1, -0.05) is 61.1 Å². The maximum atomic E-state index is 11.8. The molecule has 2 aromatic rings. The van der Waals surface area contributed by atoms with Crippen LogP contribution in [-0.4, -0.2) is 16.6 Å². The van der Waals surface area contributed by atoms with Gasteiger partial charge in [-0.3, -0.25) is 9.59 Å². The molecule has 0 atom stereocenters. The number of hydrogen-bond acceptors (Lipinski definition) is 5. The second kappa shape index (κ2) is 10.2. The molecule has 5 heteroatoms. The van der Waals surface area contributed by atoms with Crippen LogP contribution in [0.5, 0.6) is 0 Å². The standard InChI is InChI=1S/C18H22O2S3/c1-2-17(19)22-12-8-4-3-7-11-21-16-13-18(20)23-15-10-6-5-9-14(15)16/h5-6,9-10,13H,2-4,7-8,11-12H2,1H3. The first kappa shape index (κ1) is 18.6. The van der Waals surface area contributed by atoms with Crippen molar-refractivity contribution in [1.82, 2.24) is 0 Å². The quantitative estimate of drug-likeness (QED) is 0.428. The molecule has 0 amide bonds. The fraction of sp³-hybridized carbons (Fsp3) is 0.444. The first-order valence-electron chi connectivity index (χ1n) is 8.02. The van der Waals surface area contributed by atoms with Gasteiger partial charge in [-0.2, -0.15) is 0 Å². The fourth-order valence-electron chi connectivity index (χ4n) is 2.23. The number of rotatable bonds is 9. The summed E-state index contributed by atoms with van der Waals surface area (Å²) in [7, 11) is 0. The van der Waals surface area contributed by atoms with E-state index >= 15 is 0 Å². The molecule has 0 saturated carbocycles. The molecule has 0 fully saturated rings. The van der Waals surface area contributed by atoms with Crippen LogP contribution >= 0.6 is 34.9 Å². The van der Waals surface area contributed by atoms with Gasteiger partial charge >= 0.3 is 0 Å². The van der Waals surface area contributed by atoms with Crippen molar-refractivity contribution < 1.29 is 4.79 Å². The third-order valence-corrected chi connectivity index (χ3v) is 6.60. The van der Waals surface area contributed by atoms with E-state index < -0.39 is 0 Å². The topological polar surface area (TPSA) is 34.1 Å². The summed E-state index contributed by atoms with van der Waals surface area (Å²) in [5.41, 5.74) is 0. The Hall–Kier alpha value is -0.780. The first-order valence-corrected chi connectivity index (χ1v) is 10.8. The van der Waals surface area contributed by atoms with Crippen LogP contribution in [0.4, 0.5) is 0 Å². The normalized spacial score (nSPS) is 11.0. The predicted molar refractivity (Wildman–Crippen MR) is 105 cm³/mol. The van der Waals surface area contributed by atoms with Crippen LogP contribution < -0.4 is 4.74 Å². The number of thioether (sulfide) groups is 2. The molecular formula is C18H22O2S3. The molecule has 0 saturated heterocycles. The van der Waals surface area contributed by atoms with Crippen molar-refractivity contribution in [3.8, 4) is 0 Å². The minimum Gasteiger partial charge on any atom is -0.287 e. The Bertz CT molecular complexity index is 694. The number of benzene rings is 1. The Kier molecular flexibility index (Phi) is 8.20. The minimum absolute atomic E-state index is 0.129. The van der Waals surface area contributed by atoms with Gasteiger partial charge in [0.15, 0.2) is 5.12 Å². The summed E-state index contributed by atoms with van der Waals surface area (Å²) in [6, 6.07) is 9.88. The Labute approximate surface area is 150 Å². The van der Waals surface area contributed by atoms with Gasteiger partial charge in [0.2, 0.25) is 4.74 Å². The highest BCUT2D eigenvalue weighted by Gasteiger charge is 2.04. The molecule has 2 rings (SSSR count). The molecule has 2 nitrogen and oxygen atoms in total. The van der Waals surface area contributed by atoms with Crippen molar-refractivity contribution in [2.75, 3.05) is 11.5 Å². The SMILES string of the molecule is CCC(=O)SCCCCCCSc1cc(=O)sc2ccccc12. The minimum atomic E-state index is 0.129. The number of carbonyl (C=O) groups excluding carboxylic acids is 1. The van der Waals surface area contributed by atoms with Gasteiger partial charge in [0.1, 0.15) is 0 Å². The van der Waals surface area contributed by atoms with Crippen LogP contribution in [0.2, 0.25) is 0 Å². The average molecular weight is 367 g/mol. The zero-order valence-electron chi connectivity index (χ0n) is 13.4. The van der Waals surface area contributed by atoms with E-state index in [4.69, 9.17) is 0 Å². The van der Waals surface area contributed by atoms with Crippen molar-refractivity contribution in [3.05, 3.63) is 39.9 Å². The van der Waals surface area contributed by atoms with E-state index in [1.54, 1.807) is 17.8 Å². The van der Waals surface area contributed by atoms with Crippen LogP contribution in [0.25, 0.3) is 10.1 Å². The summed E-state index contributed by atoms with van der Waals surface area (Å²) >= 11 is 4.56. The summed E-state index contributed by atoms with van der Waals surface area (Å²) in [4.78, 5) is 24.0. The van der Waals surface area contributed by atoms with Gasteiger partial charge in [0, 0.05) is 33.2 Å². The third-order valence-electron chi connectivity index (χ3n) is 3.46. The van der Waals surface area contributed by atoms with E-state index in [1.165, 1.54) is 41.3 Å². The molecule has 1 heterocycles. The van der Waals surface area contributed by atoms with Crippen LogP contribution in [0.3, 0.4) is 0 Å². The molecule has 23 heavy (non-hydrogen) atoms. The molecule has 124 valence electrons. The lowest BCUT2D eigenvalue weighted by molar-refractivity contribution is -0.110. The molecule has 0 radical (unpaired) electrons. The number of carbonyl (C=O) groups is 1. The van der Waals surface area contributed by atoms with Crippen LogP contribution in [0.15, 0.2) is 40.0 Å². The highest BCUT2D eigenvalue weighted by atomic mass is 32.2. The molecular weight excluding hydrogens is 344 g/mol. The van der Waals surface area contributed by atoms with E-state index in [0.29, 0.717) is 11.5 Å². The van der Waals surface area contributed by atoms with Crippen molar-refractivity contribution in [2.24, 2.45) is 0 Å². The zero-order chi connectivity index (χ0) is 16.5. The van der Waals surface area contributed by atoms with E-state index in [0.717, 1.165) is 33.9 Å². The van der Waals surface area contributed by atoms with Gasteiger partial charge in [-0.15, -0.1) is 11.8 Å². The Morgan fingerprint density at radius 2 is 1.83 bits per heavy atom. The maximum absolute atomic E-state index is 11.8. The molecule has 1 aromatic carbocycles. The first-order chi connectivity index (χ1) is 11.2. The molecule has 0 aliphatic heterocycles. The molecule has 0 spiro atoms. The molecule has 0 unspecified atom stereocenters.